The number of nitriles is 1. The smallest absolute Gasteiger partial charge is 0.212 e. The molecular formula is C16H20N2O2S. The highest BCUT2D eigenvalue weighted by Crippen LogP contribution is 2.47. The number of nitrogens with zero attached hydrogens (tertiary/aromatic N) is 2. The van der Waals surface area contributed by atoms with Crippen molar-refractivity contribution in [1.82, 2.24) is 4.31 Å². The maximum atomic E-state index is 12.7. The first-order valence-electron chi connectivity index (χ1n) is 7.40. The van der Waals surface area contributed by atoms with Crippen LogP contribution in [0.1, 0.15) is 36.8 Å². The first kappa shape index (κ1) is 14.6. The Morgan fingerprint density at radius 3 is 2.62 bits per heavy atom. The van der Waals surface area contributed by atoms with E-state index in [1.165, 1.54) is 0 Å². The van der Waals surface area contributed by atoms with Gasteiger partial charge in [-0.1, -0.05) is 29.8 Å². The van der Waals surface area contributed by atoms with Gasteiger partial charge in [-0.2, -0.15) is 9.57 Å². The molecule has 5 heteroatoms. The lowest BCUT2D eigenvalue weighted by molar-refractivity contribution is 0.394. The summed E-state index contributed by atoms with van der Waals surface area (Å²) in [6, 6.07) is 10.3. The second kappa shape index (κ2) is 5.11. The fourth-order valence-electron chi connectivity index (χ4n) is 2.68. The SMILES string of the molecule is Cc1cccc(CN(C2CC2)S(=O)(=O)CC2(C#N)CC2)c1. The minimum absolute atomic E-state index is 0.0151. The molecule has 2 aliphatic carbocycles. The van der Waals surface area contributed by atoms with Crippen LogP contribution in [0.5, 0.6) is 0 Å². The van der Waals surface area contributed by atoms with E-state index in [4.69, 9.17) is 5.26 Å². The van der Waals surface area contributed by atoms with E-state index in [0.717, 1.165) is 24.0 Å². The molecule has 0 bridgehead atoms. The Labute approximate surface area is 126 Å². The van der Waals surface area contributed by atoms with Crippen LogP contribution in [0.3, 0.4) is 0 Å². The van der Waals surface area contributed by atoms with E-state index < -0.39 is 15.4 Å². The predicted octanol–water partition coefficient (Wildman–Crippen LogP) is 2.59. The van der Waals surface area contributed by atoms with Gasteiger partial charge in [-0.05, 0) is 38.2 Å². The number of aryl methyl sites for hydroxylation is 1. The molecule has 1 aromatic rings. The van der Waals surface area contributed by atoms with Gasteiger partial charge in [0.1, 0.15) is 0 Å². The van der Waals surface area contributed by atoms with E-state index in [2.05, 4.69) is 6.07 Å². The van der Waals surface area contributed by atoms with Gasteiger partial charge in [-0.15, -0.1) is 0 Å². The summed E-state index contributed by atoms with van der Waals surface area (Å²) < 4.78 is 27.0. The molecule has 2 aliphatic rings. The van der Waals surface area contributed by atoms with Crippen LogP contribution in [0.2, 0.25) is 0 Å². The van der Waals surface area contributed by atoms with Crippen LogP contribution in [0, 0.1) is 23.7 Å². The minimum Gasteiger partial charge on any atom is -0.212 e. The van der Waals surface area contributed by atoms with E-state index in [-0.39, 0.29) is 11.8 Å². The van der Waals surface area contributed by atoms with Crippen LogP contribution in [0.25, 0.3) is 0 Å². The van der Waals surface area contributed by atoms with Crippen molar-refractivity contribution in [2.45, 2.75) is 45.2 Å². The summed E-state index contributed by atoms with van der Waals surface area (Å²) >= 11 is 0. The molecule has 2 fully saturated rings. The van der Waals surface area contributed by atoms with E-state index in [9.17, 15) is 8.42 Å². The molecule has 0 N–H and O–H groups in total. The standard InChI is InChI=1S/C16H20N2O2S/c1-13-3-2-4-14(9-13)10-18(15-5-6-15)21(19,20)12-16(11-17)7-8-16/h2-4,9,15H,5-8,10,12H2,1H3. The van der Waals surface area contributed by atoms with Crippen molar-refractivity contribution in [3.63, 3.8) is 0 Å². The summed E-state index contributed by atoms with van der Waals surface area (Å²) in [6.45, 7) is 2.44. The average Bonchev–Trinajstić information content (AvgIpc) is 3.31. The lowest BCUT2D eigenvalue weighted by Crippen LogP contribution is -2.36. The molecule has 3 rings (SSSR count). The highest BCUT2D eigenvalue weighted by atomic mass is 32.2. The maximum Gasteiger partial charge on any atom is 0.216 e. The summed E-state index contributed by atoms with van der Waals surface area (Å²) in [5, 5.41) is 9.15. The largest absolute Gasteiger partial charge is 0.216 e. The third-order valence-electron chi connectivity index (χ3n) is 4.28. The van der Waals surface area contributed by atoms with Crippen molar-refractivity contribution in [2.75, 3.05) is 5.75 Å². The minimum atomic E-state index is -3.37. The van der Waals surface area contributed by atoms with E-state index in [1.54, 1.807) is 4.31 Å². The Bertz CT molecular complexity index is 682. The number of hydrogen-bond acceptors (Lipinski definition) is 3. The molecule has 0 atom stereocenters. The van der Waals surface area contributed by atoms with Crippen LogP contribution >= 0.6 is 0 Å². The molecule has 0 heterocycles. The molecule has 2 saturated carbocycles. The summed E-state index contributed by atoms with van der Waals surface area (Å²) in [7, 11) is -3.37. The van der Waals surface area contributed by atoms with Gasteiger partial charge >= 0.3 is 0 Å². The van der Waals surface area contributed by atoms with E-state index in [1.807, 2.05) is 31.2 Å². The average molecular weight is 304 g/mol. The first-order valence-corrected chi connectivity index (χ1v) is 9.01. The lowest BCUT2D eigenvalue weighted by Gasteiger charge is -2.23. The molecular weight excluding hydrogens is 284 g/mol. The number of rotatable bonds is 6. The van der Waals surface area contributed by atoms with Crippen molar-refractivity contribution in [3.05, 3.63) is 35.4 Å². The highest BCUT2D eigenvalue weighted by molar-refractivity contribution is 7.89. The topological polar surface area (TPSA) is 61.2 Å². The first-order chi connectivity index (χ1) is 9.94. The highest BCUT2D eigenvalue weighted by Gasteiger charge is 2.49. The summed E-state index contributed by atoms with van der Waals surface area (Å²) in [5.74, 6) is -0.0151. The lowest BCUT2D eigenvalue weighted by atomic mass is 10.1. The fraction of sp³-hybridized carbons (Fsp3) is 0.562. The van der Waals surface area contributed by atoms with Gasteiger partial charge in [0.2, 0.25) is 10.0 Å². The molecule has 0 unspecified atom stereocenters. The van der Waals surface area contributed by atoms with E-state index >= 15 is 0 Å². The Hall–Kier alpha value is -1.38. The Kier molecular flexibility index (Phi) is 3.54. The van der Waals surface area contributed by atoms with Crippen molar-refractivity contribution < 1.29 is 8.42 Å². The number of hydrogen-bond donors (Lipinski definition) is 0. The zero-order valence-electron chi connectivity index (χ0n) is 12.2. The molecule has 0 aliphatic heterocycles. The van der Waals surface area contributed by atoms with Crippen LogP contribution in [-0.2, 0) is 16.6 Å². The van der Waals surface area contributed by atoms with Crippen LogP contribution in [0.15, 0.2) is 24.3 Å². The molecule has 21 heavy (non-hydrogen) atoms. The third kappa shape index (κ3) is 3.28. The van der Waals surface area contributed by atoms with Gasteiger partial charge in [0.25, 0.3) is 0 Å². The summed E-state index contributed by atoms with van der Waals surface area (Å²) in [5.41, 5.74) is 1.54. The zero-order chi connectivity index (χ0) is 15.1. The molecule has 112 valence electrons. The monoisotopic (exact) mass is 304 g/mol. The third-order valence-corrected chi connectivity index (χ3v) is 6.34. The van der Waals surface area contributed by atoms with Crippen molar-refractivity contribution >= 4 is 10.0 Å². The van der Waals surface area contributed by atoms with Gasteiger partial charge in [0.15, 0.2) is 0 Å². The second-order valence-electron chi connectivity index (χ2n) is 6.41. The maximum absolute atomic E-state index is 12.7. The molecule has 0 radical (unpaired) electrons. The Morgan fingerprint density at radius 1 is 1.38 bits per heavy atom. The Balaban J connectivity index is 1.80. The van der Waals surface area contributed by atoms with Crippen LogP contribution < -0.4 is 0 Å². The van der Waals surface area contributed by atoms with Crippen molar-refractivity contribution in [3.8, 4) is 6.07 Å². The normalized spacial score (nSPS) is 20.2. The second-order valence-corrected chi connectivity index (χ2v) is 8.34. The quantitative estimate of drug-likeness (QED) is 0.811. The molecule has 0 spiro atoms. The van der Waals surface area contributed by atoms with Crippen molar-refractivity contribution in [1.29, 1.82) is 5.26 Å². The van der Waals surface area contributed by atoms with Gasteiger partial charge in [0, 0.05) is 12.6 Å². The van der Waals surface area contributed by atoms with Crippen LogP contribution in [0.4, 0.5) is 0 Å². The van der Waals surface area contributed by atoms with E-state index in [0.29, 0.717) is 19.4 Å². The fourth-order valence-corrected chi connectivity index (χ4v) is 4.91. The predicted molar refractivity (Wildman–Crippen MR) is 80.8 cm³/mol. The molecule has 4 nitrogen and oxygen atoms in total. The summed E-state index contributed by atoms with van der Waals surface area (Å²) in [6.07, 6.45) is 3.30. The van der Waals surface area contributed by atoms with Gasteiger partial charge in [0.05, 0.1) is 17.2 Å². The van der Waals surface area contributed by atoms with Crippen molar-refractivity contribution in [2.24, 2.45) is 5.41 Å². The molecule has 0 saturated heterocycles. The van der Waals surface area contributed by atoms with Gasteiger partial charge < -0.3 is 0 Å². The molecule has 0 aromatic heterocycles. The molecule has 0 amide bonds. The van der Waals surface area contributed by atoms with Gasteiger partial charge in [-0.25, -0.2) is 8.42 Å². The van der Waals surface area contributed by atoms with Crippen LogP contribution in [-0.4, -0.2) is 24.5 Å². The number of benzene rings is 1. The molecule has 1 aromatic carbocycles. The zero-order valence-corrected chi connectivity index (χ0v) is 13.1. The van der Waals surface area contributed by atoms with Gasteiger partial charge in [-0.3, -0.25) is 0 Å². The summed E-state index contributed by atoms with van der Waals surface area (Å²) in [4.78, 5) is 0. The number of sulfonamides is 1. The Morgan fingerprint density at radius 2 is 2.10 bits per heavy atom.